The fraction of sp³-hybridized carbons (Fsp3) is 0.200. The second-order valence-corrected chi connectivity index (χ2v) is 7.22. The predicted molar refractivity (Wildman–Crippen MR) is 125 cm³/mol. The Bertz CT molecular complexity index is 1140. The molecule has 2 aromatic heterocycles. The number of guanidine groups is 1. The second-order valence-electron chi connectivity index (χ2n) is 7.22. The molecule has 0 aliphatic rings. The average molecular weight is 414 g/mol. The van der Waals surface area contributed by atoms with Crippen molar-refractivity contribution < 1.29 is 4.74 Å². The van der Waals surface area contributed by atoms with E-state index in [0.717, 1.165) is 35.9 Å². The molecule has 0 radical (unpaired) electrons. The third-order valence-electron chi connectivity index (χ3n) is 5.06. The van der Waals surface area contributed by atoms with E-state index in [2.05, 4.69) is 56.1 Å². The lowest BCUT2D eigenvalue weighted by Gasteiger charge is -2.13. The molecule has 0 fully saturated rings. The number of aromatic nitrogens is 2. The van der Waals surface area contributed by atoms with Gasteiger partial charge in [0.15, 0.2) is 5.96 Å². The van der Waals surface area contributed by atoms with Gasteiger partial charge in [-0.15, -0.1) is 0 Å². The Morgan fingerprint density at radius 2 is 1.94 bits per heavy atom. The number of nitrogens with one attached hydrogen (secondary N) is 3. The summed E-state index contributed by atoms with van der Waals surface area (Å²) in [6.07, 6.45) is 4.77. The minimum absolute atomic E-state index is 0.453. The first-order valence-electron chi connectivity index (χ1n) is 10.4. The van der Waals surface area contributed by atoms with Crippen molar-refractivity contribution >= 4 is 16.9 Å². The number of pyridine rings is 1. The molecule has 158 valence electrons. The van der Waals surface area contributed by atoms with Crippen molar-refractivity contribution in [2.24, 2.45) is 4.99 Å². The summed E-state index contributed by atoms with van der Waals surface area (Å²) in [5, 5.41) is 8.03. The van der Waals surface area contributed by atoms with Gasteiger partial charge in [-0.05, 0) is 47.9 Å². The predicted octanol–water partition coefficient (Wildman–Crippen LogP) is 4.05. The van der Waals surface area contributed by atoms with Crippen LogP contribution in [0.1, 0.15) is 16.8 Å². The highest BCUT2D eigenvalue weighted by Gasteiger charge is 2.04. The summed E-state index contributed by atoms with van der Waals surface area (Å²) in [5.74, 6) is 1.60. The van der Waals surface area contributed by atoms with Crippen molar-refractivity contribution in [2.45, 2.75) is 19.6 Å². The van der Waals surface area contributed by atoms with Crippen molar-refractivity contribution in [3.8, 4) is 5.75 Å². The van der Waals surface area contributed by atoms with Crippen LogP contribution in [0.15, 0.2) is 84.1 Å². The number of hydrogen-bond donors (Lipinski definition) is 3. The Morgan fingerprint density at radius 1 is 1.03 bits per heavy atom. The van der Waals surface area contributed by atoms with Crippen LogP contribution in [-0.2, 0) is 19.6 Å². The van der Waals surface area contributed by atoms with Gasteiger partial charge in [0.05, 0.1) is 5.69 Å². The Morgan fingerprint density at radius 3 is 2.81 bits per heavy atom. The Balaban J connectivity index is 1.25. The van der Waals surface area contributed by atoms with Gasteiger partial charge in [0.2, 0.25) is 0 Å². The fourth-order valence-corrected chi connectivity index (χ4v) is 3.45. The summed E-state index contributed by atoms with van der Waals surface area (Å²) in [6, 6.07) is 22.2. The fourth-order valence-electron chi connectivity index (χ4n) is 3.45. The number of aromatic amines is 1. The molecule has 0 spiro atoms. The topological polar surface area (TPSA) is 74.3 Å². The maximum absolute atomic E-state index is 5.87. The molecule has 0 bridgehead atoms. The van der Waals surface area contributed by atoms with E-state index in [1.54, 1.807) is 13.2 Å². The summed E-state index contributed by atoms with van der Waals surface area (Å²) in [5.41, 5.74) is 4.50. The van der Waals surface area contributed by atoms with E-state index in [1.807, 2.05) is 42.5 Å². The normalized spacial score (nSPS) is 11.5. The van der Waals surface area contributed by atoms with Crippen LogP contribution in [0.3, 0.4) is 0 Å². The highest BCUT2D eigenvalue weighted by molar-refractivity contribution is 5.83. The number of fused-ring (bicyclic) bond motifs is 1. The zero-order chi connectivity index (χ0) is 21.3. The number of para-hydroxylation sites is 1. The highest BCUT2D eigenvalue weighted by atomic mass is 16.5. The maximum Gasteiger partial charge on any atom is 0.191 e. The SMILES string of the molecule is CN=C(NCCc1c[nH]c2ccccc12)NCc1cccc(OCc2ccccn2)c1. The van der Waals surface area contributed by atoms with E-state index < -0.39 is 0 Å². The van der Waals surface area contributed by atoms with Gasteiger partial charge in [0.1, 0.15) is 12.4 Å². The molecule has 4 rings (SSSR count). The molecule has 0 aliphatic heterocycles. The Hall–Kier alpha value is -3.80. The lowest BCUT2D eigenvalue weighted by molar-refractivity contribution is 0.301. The number of hydrogen-bond acceptors (Lipinski definition) is 3. The molecule has 31 heavy (non-hydrogen) atoms. The van der Waals surface area contributed by atoms with Gasteiger partial charge in [-0.1, -0.05) is 36.4 Å². The lowest BCUT2D eigenvalue weighted by atomic mass is 10.1. The number of aliphatic imine (C=N–C) groups is 1. The molecular formula is C25H27N5O. The third kappa shape index (κ3) is 5.63. The molecule has 6 nitrogen and oxygen atoms in total. The van der Waals surface area contributed by atoms with Crippen LogP contribution >= 0.6 is 0 Å². The molecule has 2 aromatic carbocycles. The zero-order valence-corrected chi connectivity index (χ0v) is 17.6. The van der Waals surface area contributed by atoms with Crippen molar-refractivity contribution in [3.05, 3.63) is 95.9 Å². The van der Waals surface area contributed by atoms with Crippen LogP contribution in [0.2, 0.25) is 0 Å². The molecule has 2 heterocycles. The van der Waals surface area contributed by atoms with Crippen molar-refractivity contribution in [1.82, 2.24) is 20.6 Å². The van der Waals surface area contributed by atoms with E-state index in [4.69, 9.17) is 4.74 Å². The Kier molecular flexibility index (Phi) is 6.80. The van der Waals surface area contributed by atoms with Gasteiger partial charge in [-0.3, -0.25) is 9.98 Å². The number of nitrogens with zero attached hydrogens (tertiary/aromatic N) is 2. The van der Waals surface area contributed by atoms with Crippen molar-refractivity contribution in [1.29, 1.82) is 0 Å². The first-order valence-corrected chi connectivity index (χ1v) is 10.4. The average Bonchev–Trinajstić information content (AvgIpc) is 3.24. The quantitative estimate of drug-likeness (QED) is 0.301. The molecule has 0 unspecified atom stereocenters. The second kappa shape index (κ2) is 10.3. The van der Waals surface area contributed by atoms with Crippen LogP contribution in [0, 0.1) is 0 Å². The number of rotatable bonds is 8. The molecule has 0 saturated heterocycles. The van der Waals surface area contributed by atoms with Crippen molar-refractivity contribution in [2.75, 3.05) is 13.6 Å². The third-order valence-corrected chi connectivity index (χ3v) is 5.06. The smallest absolute Gasteiger partial charge is 0.191 e. The van der Waals surface area contributed by atoms with Gasteiger partial charge in [0, 0.05) is 43.4 Å². The Labute approximate surface area is 182 Å². The number of benzene rings is 2. The highest BCUT2D eigenvalue weighted by Crippen LogP contribution is 2.18. The lowest BCUT2D eigenvalue weighted by Crippen LogP contribution is -2.37. The summed E-state index contributed by atoms with van der Waals surface area (Å²) in [6.45, 7) is 1.91. The summed E-state index contributed by atoms with van der Waals surface area (Å²) < 4.78 is 5.87. The summed E-state index contributed by atoms with van der Waals surface area (Å²) >= 11 is 0. The van der Waals surface area contributed by atoms with E-state index in [1.165, 1.54) is 16.5 Å². The van der Waals surface area contributed by atoms with Crippen LogP contribution in [0.25, 0.3) is 10.9 Å². The summed E-state index contributed by atoms with van der Waals surface area (Å²) in [7, 11) is 1.79. The number of H-pyrrole nitrogens is 1. The van der Waals surface area contributed by atoms with Gasteiger partial charge in [-0.25, -0.2) is 0 Å². The minimum atomic E-state index is 0.453. The molecule has 4 aromatic rings. The van der Waals surface area contributed by atoms with E-state index in [9.17, 15) is 0 Å². The molecule has 3 N–H and O–H groups in total. The maximum atomic E-state index is 5.87. The van der Waals surface area contributed by atoms with Crippen LogP contribution < -0.4 is 15.4 Å². The van der Waals surface area contributed by atoms with Gasteiger partial charge in [-0.2, -0.15) is 0 Å². The molecule has 6 heteroatoms. The van der Waals surface area contributed by atoms with Gasteiger partial charge >= 0.3 is 0 Å². The van der Waals surface area contributed by atoms with Crippen molar-refractivity contribution in [3.63, 3.8) is 0 Å². The minimum Gasteiger partial charge on any atom is -0.487 e. The van der Waals surface area contributed by atoms with Gasteiger partial charge in [0.25, 0.3) is 0 Å². The standard InChI is InChI=1S/C25H27N5O/c1-26-25(28-14-12-20-17-29-24-11-3-2-10-23(20)24)30-16-19-7-6-9-22(15-19)31-18-21-8-4-5-13-27-21/h2-11,13,15,17,29H,12,14,16,18H2,1H3,(H2,26,28,30). The number of ether oxygens (including phenoxy) is 1. The largest absolute Gasteiger partial charge is 0.487 e. The van der Waals surface area contributed by atoms with Crippen LogP contribution in [0.4, 0.5) is 0 Å². The summed E-state index contributed by atoms with van der Waals surface area (Å²) in [4.78, 5) is 11.9. The van der Waals surface area contributed by atoms with E-state index in [0.29, 0.717) is 13.2 Å². The first-order chi connectivity index (χ1) is 15.3. The first kappa shape index (κ1) is 20.5. The molecule has 0 amide bonds. The molecule has 0 atom stereocenters. The molecule has 0 saturated carbocycles. The van der Waals surface area contributed by atoms with E-state index in [-0.39, 0.29) is 0 Å². The monoisotopic (exact) mass is 413 g/mol. The van der Waals surface area contributed by atoms with Crippen LogP contribution in [-0.4, -0.2) is 29.5 Å². The van der Waals surface area contributed by atoms with E-state index >= 15 is 0 Å². The van der Waals surface area contributed by atoms with Crippen LogP contribution in [0.5, 0.6) is 5.75 Å². The molecular weight excluding hydrogens is 386 g/mol. The zero-order valence-electron chi connectivity index (χ0n) is 17.6. The van der Waals surface area contributed by atoms with Gasteiger partial charge < -0.3 is 20.4 Å². The molecule has 0 aliphatic carbocycles.